The molecule has 0 atom stereocenters. The Morgan fingerprint density at radius 1 is 1.15 bits per heavy atom. The van der Waals surface area contributed by atoms with Gasteiger partial charge < -0.3 is 14.9 Å². The van der Waals surface area contributed by atoms with Crippen LogP contribution in [0.1, 0.15) is 71.8 Å². The zero-order valence-corrected chi connectivity index (χ0v) is 18.4. The first kappa shape index (κ1) is 22.7. The van der Waals surface area contributed by atoms with Crippen LogP contribution in [0.15, 0.2) is 12.3 Å². The summed E-state index contributed by atoms with van der Waals surface area (Å²) in [4.78, 5) is 32.9. The van der Waals surface area contributed by atoms with Gasteiger partial charge in [-0.3, -0.25) is 14.0 Å². The second-order valence-corrected chi connectivity index (χ2v) is 9.35. The first-order valence-corrected chi connectivity index (χ1v) is 11.5. The number of carbonyl (C=O) groups is 2. The Labute approximate surface area is 193 Å². The minimum Gasteiger partial charge on any atom is -0.393 e. The van der Waals surface area contributed by atoms with Gasteiger partial charge in [0.15, 0.2) is 17.0 Å². The van der Waals surface area contributed by atoms with Gasteiger partial charge in [-0.05, 0) is 56.1 Å². The van der Waals surface area contributed by atoms with Crippen LogP contribution in [0.3, 0.4) is 0 Å². The summed E-state index contributed by atoms with van der Waals surface area (Å²) < 4.78 is 42.4. The molecule has 0 radical (unpaired) electrons. The molecule has 2 aromatic heterocycles. The molecule has 0 bridgehead atoms. The number of nitrogens with zero attached hydrogens (tertiary/aromatic N) is 5. The van der Waals surface area contributed by atoms with Crippen LogP contribution < -0.4 is 0 Å². The number of amides is 2. The number of alkyl halides is 3. The van der Waals surface area contributed by atoms with Crippen molar-refractivity contribution < 1.29 is 27.9 Å². The van der Waals surface area contributed by atoms with Gasteiger partial charge in [-0.25, -0.2) is 4.98 Å². The van der Waals surface area contributed by atoms with Crippen LogP contribution in [0.25, 0.3) is 5.65 Å². The second kappa shape index (κ2) is 8.27. The summed E-state index contributed by atoms with van der Waals surface area (Å²) >= 11 is 0. The molecule has 2 amide bonds. The molecule has 5 rings (SSSR count). The fraction of sp³-hybridized carbons (Fsp3) is 0.565. The largest absolute Gasteiger partial charge is 0.419 e. The maximum atomic E-state index is 13.8. The standard InChI is InChI=1S/C23H24F3N5O3/c24-23(25,26)17-9-14(13-1-2-13)11-31-18(10-27)20(28-21(17)31)22(34)29-7-8-30(19(33)12-29)15-3-5-16(32)6-4-15/h9,11,13,15-16,32H,1-8,12H2. The molecule has 0 spiro atoms. The summed E-state index contributed by atoms with van der Waals surface area (Å²) in [6.07, 6.45) is 0.587. The lowest BCUT2D eigenvalue weighted by molar-refractivity contribution is -0.139. The van der Waals surface area contributed by atoms with E-state index in [-0.39, 0.29) is 48.4 Å². The number of hydrogen-bond donors (Lipinski definition) is 1. The van der Waals surface area contributed by atoms with Crippen molar-refractivity contribution in [3.8, 4) is 6.07 Å². The molecule has 11 heteroatoms. The van der Waals surface area contributed by atoms with Crippen molar-refractivity contribution in [3.05, 3.63) is 34.8 Å². The van der Waals surface area contributed by atoms with E-state index in [9.17, 15) is 33.1 Å². The number of halogens is 3. The summed E-state index contributed by atoms with van der Waals surface area (Å²) in [6.45, 7) is 0.262. The van der Waals surface area contributed by atoms with Gasteiger partial charge in [0, 0.05) is 25.3 Å². The molecular formula is C23H24F3N5O3. The molecule has 2 aliphatic carbocycles. The smallest absolute Gasteiger partial charge is 0.393 e. The summed E-state index contributed by atoms with van der Waals surface area (Å²) in [5.41, 5.74) is -1.63. The van der Waals surface area contributed by atoms with Crippen molar-refractivity contribution in [1.29, 1.82) is 5.26 Å². The molecule has 0 unspecified atom stereocenters. The molecule has 1 saturated heterocycles. The number of aliphatic hydroxyl groups is 1. The molecule has 2 saturated carbocycles. The molecule has 8 nitrogen and oxygen atoms in total. The predicted molar refractivity (Wildman–Crippen MR) is 113 cm³/mol. The van der Waals surface area contributed by atoms with Crippen LogP contribution >= 0.6 is 0 Å². The van der Waals surface area contributed by atoms with Crippen LogP contribution in [-0.4, -0.2) is 67.9 Å². The van der Waals surface area contributed by atoms with E-state index >= 15 is 0 Å². The minimum atomic E-state index is -4.69. The topological polar surface area (TPSA) is 102 Å². The van der Waals surface area contributed by atoms with E-state index in [0.717, 1.165) is 23.3 Å². The SMILES string of the molecule is N#Cc1c(C(=O)N2CCN(C3CCC(O)CC3)C(=O)C2)nc2c(C(F)(F)F)cc(C3CC3)cn12. The zero-order valence-electron chi connectivity index (χ0n) is 18.4. The van der Waals surface area contributed by atoms with Crippen molar-refractivity contribution in [3.63, 3.8) is 0 Å². The van der Waals surface area contributed by atoms with Crippen LogP contribution in [-0.2, 0) is 11.0 Å². The highest BCUT2D eigenvalue weighted by Crippen LogP contribution is 2.43. The molecule has 3 heterocycles. The van der Waals surface area contributed by atoms with Crippen LogP contribution in [0.4, 0.5) is 13.2 Å². The molecule has 3 aliphatic rings. The van der Waals surface area contributed by atoms with Crippen LogP contribution in [0.2, 0.25) is 0 Å². The Morgan fingerprint density at radius 2 is 1.85 bits per heavy atom. The summed E-state index contributed by atoms with van der Waals surface area (Å²) in [6, 6.07) is 2.91. The fourth-order valence-electron chi connectivity index (χ4n) is 5.04. The Kier molecular flexibility index (Phi) is 5.51. The number of aliphatic hydroxyl groups excluding tert-OH is 1. The van der Waals surface area contributed by atoms with E-state index in [2.05, 4.69) is 4.98 Å². The van der Waals surface area contributed by atoms with Crippen LogP contribution in [0, 0.1) is 11.3 Å². The maximum absolute atomic E-state index is 13.8. The van der Waals surface area contributed by atoms with Gasteiger partial charge in [0.25, 0.3) is 5.91 Å². The molecule has 0 aromatic carbocycles. The number of imidazole rings is 1. The number of piperazine rings is 1. The Hall–Kier alpha value is -3.13. The van der Waals surface area contributed by atoms with Gasteiger partial charge >= 0.3 is 6.18 Å². The number of aromatic nitrogens is 2. The summed E-state index contributed by atoms with van der Waals surface area (Å²) in [7, 11) is 0. The van der Waals surface area contributed by atoms with Crippen molar-refractivity contribution in [2.45, 2.75) is 62.8 Å². The number of pyridine rings is 1. The monoisotopic (exact) mass is 475 g/mol. The molecule has 3 fully saturated rings. The van der Waals surface area contributed by atoms with Crippen molar-refractivity contribution in [2.24, 2.45) is 0 Å². The third kappa shape index (κ3) is 4.00. The summed E-state index contributed by atoms with van der Waals surface area (Å²) in [5.74, 6) is -0.978. The van der Waals surface area contributed by atoms with Gasteiger partial charge in [-0.1, -0.05) is 0 Å². The number of hydrogen-bond acceptors (Lipinski definition) is 5. The average molecular weight is 475 g/mol. The van der Waals surface area contributed by atoms with Crippen molar-refractivity contribution in [2.75, 3.05) is 19.6 Å². The van der Waals surface area contributed by atoms with Crippen molar-refractivity contribution >= 4 is 17.5 Å². The third-order valence-corrected chi connectivity index (χ3v) is 7.06. The summed E-state index contributed by atoms with van der Waals surface area (Å²) in [5, 5.41) is 19.4. The van der Waals surface area contributed by atoms with E-state index in [4.69, 9.17) is 0 Å². The predicted octanol–water partition coefficient (Wildman–Crippen LogP) is 2.69. The third-order valence-electron chi connectivity index (χ3n) is 7.06. The number of rotatable bonds is 3. The molecule has 2 aromatic rings. The maximum Gasteiger partial charge on any atom is 0.419 e. The van der Waals surface area contributed by atoms with Crippen molar-refractivity contribution in [1.82, 2.24) is 19.2 Å². The van der Waals surface area contributed by atoms with E-state index in [1.165, 1.54) is 11.1 Å². The Balaban J connectivity index is 1.44. The number of carbonyl (C=O) groups excluding carboxylic acids is 2. The van der Waals surface area contributed by atoms with E-state index in [1.807, 2.05) is 6.07 Å². The Bertz CT molecular complexity index is 1190. The van der Waals surface area contributed by atoms with Gasteiger partial charge in [-0.2, -0.15) is 18.4 Å². The van der Waals surface area contributed by atoms with Gasteiger partial charge in [0.1, 0.15) is 12.6 Å². The van der Waals surface area contributed by atoms with E-state index in [0.29, 0.717) is 37.8 Å². The van der Waals surface area contributed by atoms with Gasteiger partial charge in [0.2, 0.25) is 5.91 Å². The minimum absolute atomic E-state index is 0.00481. The lowest BCUT2D eigenvalue weighted by Gasteiger charge is -2.41. The lowest BCUT2D eigenvalue weighted by Crippen LogP contribution is -2.56. The highest BCUT2D eigenvalue weighted by Gasteiger charge is 2.39. The van der Waals surface area contributed by atoms with Gasteiger partial charge in [-0.15, -0.1) is 0 Å². The molecule has 180 valence electrons. The molecule has 1 aliphatic heterocycles. The van der Waals surface area contributed by atoms with Gasteiger partial charge in [0.05, 0.1) is 11.7 Å². The number of fused-ring (bicyclic) bond motifs is 1. The second-order valence-electron chi connectivity index (χ2n) is 9.35. The fourth-order valence-corrected chi connectivity index (χ4v) is 5.04. The number of nitriles is 1. The molecule has 34 heavy (non-hydrogen) atoms. The van der Waals surface area contributed by atoms with E-state index in [1.54, 1.807) is 4.90 Å². The quantitative estimate of drug-likeness (QED) is 0.736. The zero-order chi connectivity index (χ0) is 24.2. The highest BCUT2D eigenvalue weighted by atomic mass is 19.4. The van der Waals surface area contributed by atoms with Crippen LogP contribution in [0.5, 0.6) is 0 Å². The highest BCUT2D eigenvalue weighted by molar-refractivity contribution is 5.98. The molecular weight excluding hydrogens is 451 g/mol. The Morgan fingerprint density at radius 3 is 2.44 bits per heavy atom. The average Bonchev–Trinajstić information content (AvgIpc) is 3.58. The first-order valence-electron chi connectivity index (χ1n) is 11.5. The molecule has 1 N–H and O–H groups in total. The lowest BCUT2D eigenvalue weighted by atomic mass is 9.91. The first-order chi connectivity index (χ1) is 16.2. The van der Waals surface area contributed by atoms with E-state index < -0.39 is 23.3 Å². The normalized spacial score (nSPS) is 23.9.